The molecule has 2 unspecified atom stereocenters. The minimum absolute atomic E-state index is 0. The molecule has 1 saturated carbocycles. The predicted molar refractivity (Wildman–Crippen MR) is 48.0 cm³/mol. The smallest absolute Gasteiger partial charge is 0.329 e. The lowest BCUT2D eigenvalue weighted by Crippen LogP contribution is -2.36. The average molecular weight is 254 g/mol. The van der Waals surface area contributed by atoms with Crippen molar-refractivity contribution in [1.82, 2.24) is 0 Å². The standard InChI is InChI=1S/C6H10F3NO2S.ClH/c1-13(11,12)5(3-10)2-4(5)6(7,8)9;/h4H,2-3,10H2,1H3;1H. The van der Waals surface area contributed by atoms with Crippen LogP contribution in [0.3, 0.4) is 0 Å². The van der Waals surface area contributed by atoms with E-state index in [1.165, 1.54) is 0 Å². The second kappa shape index (κ2) is 3.53. The molecule has 0 bridgehead atoms. The molecule has 0 saturated heterocycles. The second-order valence-corrected chi connectivity index (χ2v) is 5.70. The fourth-order valence-electron chi connectivity index (χ4n) is 1.49. The molecule has 1 aliphatic rings. The van der Waals surface area contributed by atoms with Crippen molar-refractivity contribution in [2.45, 2.75) is 17.3 Å². The highest BCUT2D eigenvalue weighted by Crippen LogP contribution is 2.57. The van der Waals surface area contributed by atoms with E-state index < -0.39 is 39.6 Å². The average Bonchev–Trinajstić information content (AvgIpc) is 2.57. The van der Waals surface area contributed by atoms with Crippen LogP contribution < -0.4 is 5.73 Å². The lowest BCUT2D eigenvalue weighted by Gasteiger charge is -2.14. The van der Waals surface area contributed by atoms with Crippen molar-refractivity contribution in [3.05, 3.63) is 0 Å². The Bertz CT molecular complexity index is 316. The molecule has 8 heteroatoms. The predicted octanol–water partition coefficient (Wildman–Crippen LogP) is 0.732. The fourth-order valence-corrected chi connectivity index (χ4v) is 2.91. The molecule has 2 N–H and O–H groups in total. The number of hydrogen-bond donors (Lipinski definition) is 1. The maximum atomic E-state index is 12.1. The van der Waals surface area contributed by atoms with E-state index in [0.29, 0.717) is 0 Å². The van der Waals surface area contributed by atoms with Crippen LogP contribution in [0, 0.1) is 5.92 Å². The first-order chi connectivity index (χ1) is 5.65. The van der Waals surface area contributed by atoms with Crippen LogP contribution in [0.4, 0.5) is 13.2 Å². The monoisotopic (exact) mass is 253 g/mol. The van der Waals surface area contributed by atoms with Gasteiger partial charge in [-0.3, -0.25) is 0 Å². The number of nitrogens with two attached hydrogens (primary N) is 1. The molecule has 0 aliphatic heterocycles. The molecule has 0 aromatic heterocycles. The van der Waals surface area contributed by atoms with E-state index in [0.717, 1.165) is 6.26 Å². The van der Waals surface area contributed by atoms with Gasteiger partial charge in [0.05, 0.1) is 10.7 Å². The van der Waals surface area contributed by atoms with Crippen molar-refractivity contribution in [3.63, 3.8) is 0 Å². The molecule has 1 aliphatic carbocycles. The van der Waals surface area contributed by atoms with Crippen LogP contribution in [-0.2, 0) is 9.84 Å². The Kier molecular flexibility index (Phi) is 3.53. The van der Waals surface area contributed by atoms with Gasteiger partial charge in [-0.15, -0.1) is 12.4 Å². The Morgan fingerprint density at radius 1 is 1.50 bits per heavy atom. The van der Waals surface area contributed by atoms with Crippen LogP contribution in [-0.4, -0.2) is 32.1 Å². The van der Waals surface area contributed by atoms with Gasteiger partial charge < -0.3 is 5.73 Å². The summed E-state index contributed by atoms with van der Waals surface area (Å²) in [5, 5.41) is 0. The zero-order valence-electron chi connectivity index (χ0n) is 7.34. The first-order valence-corrected chi connectivity index (χ1v) is 5.51. The van der Waals surface area contributed by atoms with E-state index in [4.69, 9.17) is 5.73 Å². The lowest BCUT2D eigenvalue weighted by atomic mass is 10.3. The zero-order chi connectivity index (χ0) is 10.5. The Morgan fingerprint density at radius 3 is 2.00 bits per heavy atom. The Balaban J connectivity index is 0.00000169. The normalized spacial score (nSPS) is 32.2. The Morgan fingerprint density at radius 2 is 1.93 bits per heavy atom. The van der Waals surface area contributed by atoms with Gasteiger partial charge in [-0.05, 0) is 6.42 Å². The van der Waals surface area contributed by atoms with Gasteiger partial charge in [-0.25, -0.2) is 8.42 Å². The van der Waals surface area contributed by atoms with Gasteiger partial charge in [0.2, 0.25) is 0 Å². The minimum atomic E-state index is -4.46. The van der Waals surface area contributed by atoms with Crippen LogP contribution in [0.5, 0.6) is 0 Å². The molecule has 1 fully saturated rings. The first-order valence-electron chi connectivity index (χ1n) is 3.61. The topological polar surface area (TPSA) is 60.2 Å². The van der Waals surface area contributed by atoms with Gasteiger partial charge in [0.25, 0.3) is 0 Å². The molecule has 0 heterocycles. The van der Waals surface area contributed by atoms with Gasteiger partial charge in [0, 0.05) is 12.8 Å². The van der Waals surface area contributed by atoms with E-state index >= 15 is 0 Å². The summed E-state index contributed by atoms with van der Waals surface area (Å²) in [5.41, 5.74) is 5.06. The summed E-state index contributed by atoms with van der Waals surface area (Å²) in [6, 6.07) is 0. The van der Waals surface area contributed by atoms with E-state index in [2.05, 4.69) is 0 Å². The molecule has 14 heavy (non-hydrogen) atoms. The van der Waals surface area contributed by atoms with Crippen LogP contribution >= 0.6 is 12.4 Å². The molecular formula is C6H11ClF3NO2S. The molecule has 0 aromatic rings. The summed E-state index contributed by atoms with van der Waals surface area (Å²) in [6.45, 7) is -0.462. The number of alkyl halides is 3. The molecule has 1 rings (SSSR count). The van der Waals surface area contributed by atoms with Crippen LogP contribution in [0.15, 0.2) is 0 Å². The fraction of sp³-hybridized carbons (Fsp3) is 1.00. The zero-order valence-corrected chi connectivity index (χ0v) is 8.97. The largest absolute Gasteiger partial charge is 0.393 e. The first kappa shape index (κ1) is 14.0. The van der Waals surface area contributed by atoms with Crippen LogP contribution in [0.2, 0.25) is 0 Å². The van der Waals surface area contributed by atoms with Crippen molar-refractivity contribution in [1.29, 1.82) is 0 Å². The van der Waals surface area contributed by atoms with Crippen LogP contribution in [0.25, 0.3) is 0 Å². The highest BCUT2D eigenvalue weighted by atomic mass is 35.5. The summed E-state index contributed by atoms with van der Waals surface area (Å²) in [5.74, 6) is -1.78. The maximum absolute atomic E-state index is 12.1. The van der Waals surface area contributed by atoms with Crippen LogP contribution in [0.1, 0.15) is 6.42 Å². The number of sulfone groups is 1. The van der Waals surface area contributed by atoms with Crippen molar-refractivity contribution in [2.75, 3.05) is 12.8 Å². The van der Waals surface area contributed by atoms with Crippen molar-refractivity contribution in [3.8, 4) is 0 Å². The SMILES string of the molecule is CS(=O)(=O)C1(CN)CC1C(F)(F)F.Cl. The molecule has 0 spiro atoms. The number of rotatable bonds is 2. The van der Waals surface area contributed by atoms with E-state index in [1.807, 2.05) is 0 Å². The molecule has 0 amide bonds. The Hall–Kier alpha value is -0.0100. The minimum Gasteiger partial charge on any atom is -0.329 e. The summed E-state index contributed by atoms with van der Waals surface area (Å²) < 4.78 is 56.7. The van der Waals surface area contributed by atoms with Gasteiger partial charge in [-0.1, -0.05) is 0 Å². The Labute approximate surface area is 86.2 Å². The van der Waals surface area contributed by atoms with Crippen molar-refractivity contribution in [2.24, 2.45) is 11.7 Å². The maximum Gasteiger partial charge on any atom is 0.393 e. The second-order valence-electron chi connectivity index (χ2n) is 3.34. The third-order valence-corrected chi connectivity index (χ3v) is 4.60. The van der Waals surface area contributed by atoms with E-state index in [-0.39, 0.29) is 12.4 Å². The van der Waals surface area contributed by atoms with Crippen molar-refractivity contribution < 1.29 is 21.6 Å². The summed E-state index contributed by atoms with van der Waals surface area (Å²) in [6.07, 6.45) is -4.06. The summed E-state index contributed by atoms with van der Waals surface area (Å²) in [4.78, 5) is 0. The molecule has 2 atom stereocenters. The molecule has 0 radical (unpaired) electrons. The highest BCUT2D eigenvalue weighted by molar-refractivity contribution is 7.92. The summed E-state index contributed by atoms with van der Waals surface area (Å²) >= 11 is 0. The third-order valence-electron chi connectivity index (χ3n) is 2.50. The number of hydrogen-bond acceptors (Lipinski definition) is 3. The van der Waals surface area contributed by atoms with E-state index in [1.54, 1.807) is 0 Å². The van der Waals surface area contributed by atoms with E-state index in [9.17, 15) is 21.6 Å². The summed E-state index contributed by atoms with van der Waals surface area (Å²) in [7, 11) is -3.72. The number of halogens is 4. The third kappa shape index (κ3) is 1.99. The highest BCUT2D eigenvalue weighted by Gasteiger charge is 2.71. The lowest BCUT2D eigenvalue weighted by molar-refractivity contribution is -0.149. The molecule has 86 valence electrons. The molecular weight excluding hydrogens is 243 g/mol. The van der Waals surface area contributed by atoms with Gasteiger partial charge in [-0.2, -0.15) is 13.2 Å². The molecule has 3 nitrogen and oxygen atoms in total. The molecule has 0 aromatic carbocycles. The van der Waals surface area contributed by atoms with Gasteiger partial charge in [0.1, 0.15) is 0 Å². The van der Waals surface area contributed by atoms with Crippen molar-refractivity contribution >= 4 is 22.2 Å². The quantitative estimate of drug-likeness (QED) is 0.789. The van der Waals surface area contributed by atoms with Gasteiger partial charge in [0.15, 0.2) is 9.84 Å². The van der Waals surface area contributed by atoms with Gasteiger partial charge >= 0.3 is 6.18 Å².